The Labute approximate surface area is 510 Å². The number of ether oxygens (including phenoxy) is 4. The van der Waals surface area contributed by atoms with E-state index in [1.807, 2.05) is 69.2 Å². The van der Waals surface area contributed by atoms with Gasteiger partial charge in [0.25, 0.3) is 23.6 Å². The number of hydrogen-bond donors (Lipinski definition) is 11. The Morgan fingerprint density at radius 2 is 0.663 bits per heavy atom. The van der Waals surface area contributed by atoms with Crippen LogP contribution in [0.1, 0.15) is 216 Å². The molecule has 0 aliphatic carbocycles. The summed E-state index contributed by atoms with van der Waals surface area (Å²) in [5.74, 6) is -7.50. The number of carboxylic acids is 4. The molecule has 0 aromatic carbocycles. The van der Waals surface area contributed by atoms with Crippen molar-refractivity contribution >= 4 is 59.4 Å². The minimum atomic E-state index is -1.37. The van der Waals surface area contributed by atoms with Gasteiger partial charge < -0.3 is 75.6 Å². The summed E-state index contributed by atoms with van der Waals surface area (Å²) in [6.45, 7) is 29.4. The molecule has 11 N–H and O–H groups in total. The summed E-state index contributed by atoms with van der Waals surface area (Å²) in [6, 6.07) is 11.3. The van der Waals surface area contributed by atoms with Crippen molar-refractivity contribution in [3.63, 3.8) is 0 Å². The van der Waals surface area contributed by atoms with Crippen LogP contribution in [0.5, 0.6) is 11.5 Å². The first-order chi connectivity index (χ1) is 41.0. The van der Waals surface area contributed by atoms with E-state index in [1.165, 1.54) is 24.3 Å². The van der Waals surface area contributed by atoms with Crippen LogP contribution in [-0.2, 0) is 9.47 Å². The van der Waals surface area contributed by atoms with Crippen LogP contribution < -0.4 is 47.0 Å². The van der Waals surface area contributed by atoms with E-state index in [-0.39, 0.29) is 88.8 Å². The quantitative estimate of drug-likeness (QED) is 0.0493. The number of carbonyl (C=O) groups is 10. The molecule has 0 spiro atoms. The zero-order valence-corrected chi connectivity index (χ0v) is 52.1. The number of amides is 4. The second kappa shape index (κ2) is 35.2. The number of pyridine rings is 5. The maximum Gasteiger partial charge on any atom is 0.357 e. The van der Waals surface area contributed by atoms with Crippen molar-refractivity contribution in [2.75, 3.05) is 13.2 Å². The van der Waals surface area contributed by atoms with Crippen LogP contribution in [0.15, 0.2) is 75.0 Å². The Morgan fingerprint density at radius 3 is 0.978 bits per heavy atom. The molecule has 30 heteroatoms. The molecule has 0 saturated carbocycles. The van der Waals surface area contributed by atoms with Gasteiger partial charge in [-0.15, -0.1) is 0 Å². The molecule has 30 nitrogen and oxygen atoms in total. The Kier molecular flexibility index (Phi) is 30.2. The van der Waals surface area contributed by atoms with Gasteiger partial charge in [0.1, 0.15) is 68.3 Å². The van der Waals surface area contributed by atoms with Crippen molar-refractivity contribution in [2.45, 2.75) is 146 Å². The summed E-state index contributed by atoms with van der Waals surface area (Å²) >= 11 is 0. The highest BCUT2D eigenvalue weighted by Crippen LogP contribution is 2.22. The highest BCUT2D eigenvalue weighted by atomic mass is 16.5. The Bertz CT molecular complexity index is 3500. The van der Waals surface area contributed by atoms with Gasteiger partial charge in [-0.25, -0.2) is 38.7 Å². The number of carbonyl (C=O) groups excluding carboxylic acids is 6. The molecule has 89 heavy (non-hydrogen) atoms. The largest absolute Gasteiger partial charge is 0.488 e. The third-order valence-electron chi connectivity index (χ3n) is 9.50. The van der Waals surface area contributed by atoms with Crippen LogP contribution in [-0.4, -0.2) is 153 Å². The molecular formula is C59H77N9O21. The highest BCUT2D eigenvalue weighted by molar-refractivity contribution is 5.97. The molecule has 0 aliphatic rings. The third-order valence-corrected chi connectivity index (χ3v) is 9.50. The van der Waals surface area contributed by atoms with Crippen molar-refractivity contribution in [1.29, 1.82) is 0 Å². The van der Waals surface area contributed by atoms with Crippen LogP contribution in [0.2, 0.25) is 0 Å². The molecule has 5 aromatic heterocycles. The van der Waals surface area contributed by atoms with Gasteiger partial charge in [0.15, 0.2) is 27.7 Å². The molecule has 0 unspecified atom stereocenters. The fourth-order valence-corrected chi connectivity index (χ4v) is 6.38. The van der Waals surface area contributed by atoms with Crippen molar-refractivity contribution in [3.05, 3.63) is 148 Å². The van der Waals surface area contributed by atoms with Crippen molar-refractivity contribution in [2.24, 2.45) is 0 Å². The number of rotatable bonds is 18. The minimum Gasteiger partial charge on any atom is -0.488 e. The van der Waals surface area contributed by atoms with Crippen LogP contribution in [0.25, 0.3) is 0 Å². The lowest BCUT2D eigenvalue weighted by Gasteiger charge is -2.22. The zero-order chi connectivity index (χ0) is 68.4. The van der Waals surface area contributed by atoms with Crippen LogP contribution in [0.3, 0.4) is 0 Å². The standard InChI is InChI=1S/C16H24N2O4.C14H20N2O4.C12H16N2O4.C10H12N2O4.C7H5NO5/c1-7-21-15(20)13-9-11(22-16(4,5)6)8-12(18-13)14(19)17-10(2)3;1-8(2)15-12(17)10-6-9(20-14(3,4)5)7-11(16-10)13(18)19;1-4-18-12(17)10-6-8(15)5-9(14-10)11(16)13-7(2)3;1-5(2)11-9(14)7-3-6(13)4-8(12-7)10(15)16;9-3-1-4(6(10)11)8-5(2-3)7(12)13/h8-10H,7H2,1-6H3,(H,17,19);6-8H,1-5H3,(H,15,17)(H,18,19);5-7H,4H2,1-3H3,(H,13,16)(H,14,15);3-5H,1-2H3,(H,11,14)(H,12,13)(H,15,16);1-2H,(H,8,9)(H,10,11)(H,12,13). The van der Waals surface area contributed by atoms with E-state index in [0.717, 1.165) is 36.4 Å². The summed E-state index contributed by atoms with van der Waals surface area (Å²) in [5, 5.41) is 45.2. The molecular weight excluding hydrogens is 1170 g/mol. The van der Waals surface area contributed by atoms with Crippen LogP contribution in [0, 0.1) is 0 Å². The first-order valence-corrected chi connectivity index (χ1v) is 27.2. The second-order valence-corrected chi connectivity index (χ2v) is 21.7. The predicted molar refractivity (Wildman–Crippen MR) is 321 cm³/mol. The van der Waals surface area contributed by atoms with Crippen LogP contribution >= 0.6 is 0 Å². The Hall–Kier alpha value is -10.5. The van der Waals surface area contributed by atoms with E-state index in [2.05, 4.69) is 46.2 Å². The number of aromatic amines is 3. The summed E-state index contributed by atoms with van der Waals surface area (Å²) < 4.78 is 21.0. The number of hydrogen-bond acceptors (Lipinski definition) is 19. The maximum atomic E-state index is 12.1. The number of aromatic carboxylic acids is 4. The number of carboxylic acid groups (broad SMARTS) is 4. The number of nitrogens with zero attached hydrogens (tertiary/aromatic N) is 2. The lowest BCUT2D eigenvalue weighted by Crippen LogP contribution is -2.32. The van der Waals surface area contributed by atoms with Gasteiger partial charge in [0, 0.05) is 84.8 Å². The van der Waals surface area contributed by atoms with E-state index in [0.29, 0.717) is 11.5 Å². The van der Waals surface area contributed by atoms with E-state index >= 15 is 0 Å². The second-order valence-electron chi connectivity index (χ2n) is 21.7. The fraction of sp³-hybridized carbons (Fsp3) is 0.407. The van der Waals surface area contributed by atoms with E-state index in [1.54, 1.807) is 41.5 Å². The molecule has 0 fully saturated rings. The minimum absolute atomic E-state index is 0.0258. The zero-order valence-electron chi connectivity index (χ0n) is 52.1. The summed E-state index contributed by atoms with van der Waals surface area (Å²) in [4.78, 5) is 161. The highest BCUT2D eigenvalue weighted by Gasteiger charge is 2.22. The molecule has 0 atom stereocenters. The lowest BCUT2D eigenvalue weighted by atomic mass is 10.2. The molecule has 0 saturated heterocycles. The summed E-state index contributed by atoms with van der Waals surface area (Å²) in [6.07, 6.45) is 0. The first kappa shape index (κ1) is 76.5. The molecule has 5 rings (SSSR count). The Morgan fingerprint density at radius 1 is 0.393 bits per heavy atom. The van der Waals surface area contributed by atoms with Gasteiger partial charge in [0.2, 0.25) is 0 Å². The molecule has 0 bridgehead atoms. The number of esters is 2. The SMILES string of the molecule is CC(C)NC(=O)c1cc(=O)cc(C(=O)O)[nH]1.CC(C)NC(=O)c1cc(OC(C)(C)C)cc(C(=O)O)n1.CCOC(=O)c1cc(=O)cc(C(=O)NC(C)C)[nH]1.CCOC(=O)c1cc(OC(C)(C)C)cc(C(=O)NC(C)C)n1.O=C(O)c1cc(=O)cc(C(=O)O)[nH]1. The average Bonchev–Trinajstić information content (AvgIpc) is 1.30. The van der Waals surface area contributed by atoms with Gasteiger partial charge in [-0.05, 0) is 111 Å². The maximum absolute atomic E-state index is 12.1. The number of aromatic nitrogens is 5. The molecule has 5 heterocycles. The summed E-state index contributed by atoms with van der Waals surface area (Å²) in [5.41, 5.74) is -3.81. The molecule has 5 aromatic rings. The van der Waals surface area contributed by atoms with Gasteiger partial charge >= 0.3 is 35.8 Å². The van der Waals surface area contributed by atoms with E-state index in [4.69, 9.17) is 39.4 Å². The Balaban J connectivity index is 0.000000562. The van der Waals surface area contributed by atoms with Crippen molar-refractivity contribution < 1.29 is 87.3 Å². The van der Waals surface area contributed by atoms with Gasteiger partial charge in [0.05, 0.1) is 13.2 Å². The van der Waals surface area contributed by atoms with Gasteiger partial charge in [-0.2, -0.15) is 0 Å². The predicted octanol–water partition coefficient (Wildman–Crippen LogP) is 5.34. The number of nitrogens with one attached hydrogen (secondary N) is 7. The molecule has 0 radical (unpaired) electrons. The van der Waals surface area contributed by atoms with Crippen LogP contribution in [0.4, 0.5) is 0 Å². The first-order valence-electron chi connectivity index (χ1n) is 27.2. The topological polar surface area (TPSA) is 461 Å². The van der Waals surface area contributed by atoms with Crippen molar-refractivity contribution in [1.82, 2.24) is 46.2 Å². The lowest BCUT2D eigenvalue weighted by molar-refractivity contribution is 0.0508. The smallest absolute Gasteiger partial charge is 0.357 e. The summed E-state index contributed by atoms with van der Waals surface area (Å²) in [7, 11) is 0. The van der Waals surface area contributed by atoms with E-state index in [9.17, 15) is 62.3 Å². The van der Waals surface area contributed by atoms with E-state index < -0.39 is 92.4 Å². The normalized spacial score (nSPS) is 10.6. The van der Waals surface area contributed by atoms with Gasteiger partial charge in [-0.3, -0.25) is 33.6 Å². The number of H-pyrrole nitrogens is 3. The third kappa shape index (κ3) is 29.9. The molecule has 484 valence electrons. The molecule has 0 aliphatic heterocycles. The molecule has 4 amide bonds. The van der Waals surface area contributed by atoms with Crippen molar-refractivity contribution in [3.8, 4) is 11.5 Å². The monoisotopic (exact) mass is 1250 g/mol. The fourth-order valence-electron chi connectivity index (χ4n) is 6.38. The average molecular weight is 1250 g/mol. The van der Waals surface area contributed by atoms with Gasteiger partial charge in [-0.1, -0.05) is 0 Å².